The zero-order valence-corrected chi connectivity index (χ0v) is 10.3. The summed E-state index contributed by atoms with van der Waals surface area (Å²) in [6.45, 7) is 1.32. The van der Waals surface area contributed by atoms with Crippen LogP contribution >= 0.6 is 0 Å². The first kappa shape index (κ1) is 12.9. The van der Waals surface area contributed by atoms with E-state index in [-0.39, 0.29) is 11.6 Å². The second-order valence-electron chi connectivity index (χ2n) is 3.88. The number of nitrogens with one attached hydrogen (secondary N) is 1. The maximum Gasteiger partial charge on any atom is 0.221 e. The van der Waals surface area contributed by atoms with Crippen molar-refractivity contribution in [1.29, 1.82) is 0 Å². The van der Waals surface area contributed by atoms with Crippen LogP contribution in [-0.2, 0) is 4.79 Å². The Bertz CT molecular complexity index is 611. The fourth-order valence-corrected chi connectivity index (χ4v) is 1.47. The molecule has 19 heavy (non-hydrogen) atoms. The van der Waals surface area contributed by atoms with E-state index in [1.807, 2.05) is 30.3 Å². The van der Waals surface area contributed by atoms with E-state index in [0.29, 0.717) is 11.4 Å². The van der Waals surface area contributed by atoms with Crippen LogP contribution in [0.1, 0.15) is 6.92 Å². The lowest BCUT2D eigenvalue weighted by atomic mass is 10.2. The number of nitrogens with zero attached hydrogens (tertiary/aromatic N) is 2. The van der Waals surface area contributed by atoms with E-state index in [4.69, 9.17) is 0 Å². The molecule has 0 bridgehead atoms. The van der Waals surface area contributed by atoms with Gasteiger partial charge in [0.05, 0.1) is 17.1 Å². The first-order valence-corrected chi connectivity index (χ1v) is 5.69. The third-order valence-corrected chi connectivity index (χ3v) is 2.30. The Morgan fingerprint density at radius 2 is 1.74 bits per heavy atom. The van der Waals surface area contributed by atoms with Crippen LogP contribution in [0.25, 0.3) is 0 Å². The molecule has 0 aromatic heterocycles. The smallest absolute Gasteiger partial charge is 0.221 e. The Hall–Kier alpha value is -2.56. The molecular weight excluding hydrogens is 245 g/mol. The number of rotatable bonds is 3. The van der Waals surface area contributed by atoms with Crippen molar-refractivity contribution >= 4 is 23.0 Å². The van der Waals surface area contributed by atoms with E-state index < -0.39 is 5.82 Å². The van der Waals surface area contributed by atoms with Crippen LogP contribution < -0.4 is 5.32 Å². The van der Waals surface area contributed by atoms with Gasteiger partial charge in [-0.3, -0.25) is 4.79 Å². The number of benzene rings is 2. The highest BCUT2D eigenvalue weighted by Gasteiger charge is 2.04. The average molecular weight is 257 g/mol. The Kier molecular flexibility index (Phi) is 3.97. The van der Waals surface area contributed by atoms with Crippen molar-refractivity contribution in [1.82, 2.24) is 0 Å². The standard InChI is InChI=1S/C14H12FN3O/c1-10(19)16-14-9-12(7-8-13(14)15)18-17-11-5-3-2-4-6-11/h2-9H,1H3,(H,16,19). The van der Waals surface area contributed by atoms with Crippen LogP contribution in [0.5, 0.6) is 0 Å². The molecule has 2 aromatic carbocycles. The Balaban J connectivity index is 2.21. The average Bonchev–Trinajstić information content (AvgIpc) is 2.40. The van der Waals surface area contributed by atoms with E-state index in [1.54, 1.807) is 0 Å². The molecule has 0 fully saturated rings. The molecule has 0 heterocycles. The predicted octanol–water partition coefficient (Wildman–Crippen LogP) is 4.20. The summed E-state index contributed by atoms with van der Waals surface area (Å²) in [5.41, 5.74) is 1.26. The number of hydrogen-bond acceptors (Lipinski definition) is 3. The number of carbonyl (C=O) groups excluding carboxylic acids is 1. The minimum absolute atomic E-state index is 0.0945. The second-order valence-corrected chi connectivity index (χ2v) is 3.88. The molecular formula is C14H12FN3O. The van der Waals surface area contributed by atoms with Crippen molar-refractivity contribution in [2.24, 2.45) is 10.2 Å². The van der Waals surface area contributed by atoms with Crippen LogP contribution in [0.4, 0.5) is 21.5 Å². The molecule has 0 unspecified atom stereocenters. The van der Waals surface area contributed by atoms with E-state index in [0.717, 1.165) is 0 Å². The summed E-state index contributed by atoms with van der Waals surface area (Å²) in [5.74, 6) is -0.843. The molecule has 1 amide bonds. The minimum atomic E-state index is -0.506. The number of anilines is 1. The molecule has 2 aromatic rings. The molecule has 0 radical (unpaired) electrons. The molecule has 2 rings (SSSR count). The lowest BCUT2D eigenvalue weighted by molar-refractivity contribution is -0.114. The van der Waals surface area contributed by atoms with Crippen molar-refractivity contribution in [3.05, 3.63) is 54.3 Å². The highest BCUT2D eigenvalue weighted by atomic mass is 19.1. The second kappa shape index (κ2) is 5.86. The van der Waals surface area contributed by atoms with Gasteiger partial charge >= 0.3 is 0 Å². The largest absolute Gasteiger partial charge is 0.324 e. The maximum atomic E-state index is 13.4. The molecule has 96 valence electrons. The van der Waals surface area contributed by atoms with Gasteiger partial charge < -0.3 is 5.32 Å². The third kappa shape index (κ3) is 3.70. The number of hydrogen-bond donors (Lipinski definition) is 1. The quantitative estimate of drug-likeness (QED) is 0.823. The number of amides is 1. The first-order valence-electron chi connectivity index (χ1n) is 5.69. The van der Waals surface area contributed by atoms with Crippen molar-refractivity contribution in [2.75, 3.05) is 5.32 Å². The Morgan fingerprint density at radius 1 is 1.05 bits per heavy atom. The number of azo groups is 1. The summed E-state index contributed by atoms with van der Waals surface area (Å²) in [7, 11) is 0. The van der Waals surface area contributed by atoms with E-state index in [1.165, 1.54) is 25.1 Å². The lowest BCUT2D eigenvalue weighted by Gasteiger charge is -2.03. The van der Waals surface area contributed by atoms with Gasteiger partial charge in [-0.05, 0) is 30.3 Å². The third-order valence-electron chi connectivity index (χ3n) is 2.30. The Morgan fingerprint density at radius 3 is 2.42 bits per heavy atom. The minimum Gasteiger partial charge on any atom is -0.324 e. The van der Waals surface area contributed by atoms with Crippen molar-refractivity contribution in [3.8, 4) is 0 Å². The molecule has 1 N–H and O–H groups in total. The molecule has 0 spiro atoms. The summed E-state index contributed by atoms with van der Waals surface area (Å²) < 4.78 is 13.4. The zero-order valence-electron chi connectivity index (χ0n) is 10.3. The maximum absolute atomic E-state index is 13.4. The topological polar surface area (TPSA) is 53.8 Å². The number of carbonyl (C=O) groups is 1. The van der Waals surface area contributed by atoms with Crippen molar-refractivity contribution in [2.45, 2.75) is 6.92 Å². The SMILES string of the molecule is CC(=O)Nc1cc(N=Nc2ccccc2)ccc1F. The van der Waals surface area contributed by atoms with Gasteiger partial charge in [0, 0.05) is 6.92 Å². The van der Waals surface area contributed by atoms with Crippen LogP contribution in [0.2, 0.25) is 0 Å². The first-order chi connectivity index (χ1) is 9.15. The van der Waals surface area contributed by atoms with Gasteiger partial charge in [0.2, 0.25) is 5.91 Å². The highest BCUT2D eigenvalue weighted by molar-refractivity contribution is 5.89. The van der Waals surface area contributed by atoms with Crippen LogP contribution in [0, 0.1) is 5.82 Å². The fourth-order valence-electron chi connectivity index (χ4n) is 1.47. The number of halogens is 1. The van der Waals surface area contributed by atoms with E-state index >= 15 is 0 Å². The predicted molar refractivity (Wildman–Crippen MR) is 71.3 cm³/mol. The van der Waals surface area contributed by atoms with E-state index in [9.17, 15) is 9.18 Å². The van der Waals surface area contributed by atoms with Crippen molar-refractivity contribution in [3.63, 3.8) is 0 Å². The fraction of sp³-hybridized carbons (Fsp3) is 0.0714. The molecule has 0 saturated heterocycles. The molecule has 0 atom stereocenters. The van der Waals surface area contributed by atoms with Gasteiger partial charge in [-0.2, -0.15) is 10.2 Å². The van der Waals surface area contributed by atoms with Crippen LogP contribution in [0.15, 0.2) is 58.8 Å². The van der Waals surface area contributed by atoms with E-state index in [2.05, 4.69) is 15.5 Å². The van der Waals surface area contributed by atoms with Gasteiger partial charge in [-0.15, -0.1) is 0 Å². The molecule has 4 nitrogen and oxygen atoms in total. The molecule has 0 aliphatic heterocycles. The van der Waals surface area contributed by atoms with Gasteiger partial charge in [-0.1, -0.05) is 18.2 Å². The highest BCUT2D eigenvalue weighted by Crippen LogP contribution is 2.23. The lowest BCUT2D eigenvalue weighted by Crippen LogP contribution is -2.07. The normalized spacial score (nSPS) is 10.6. The molecule has 0 aliphatic rings. The summed E-state index contributed by atoms with van der Waals surface area (Å²) in [4.78, 5) is 10.9. The van der Waals surface area contributed by atoms with Crippen LogP contribution in [0.3, 0.4) is 0 Å². The monoisotopic (exact) mass is 257 g/mol. The van der Waals surface area contributed by atoms with Crippen LogP contribution in [-0.4, -0.2) is 5.91 Å². The van der Waals surface area contributed by atoms with Gasteiger partial charge in [0.1, 0.15) is 5.82 Å². The summed E-state index contributed by atoms with van der Waals surface area (Å²) in [6, 6.07) is 13.4. The zero-order chi connectivity index (χ0) is 13.7. The van der Waals surface area contributed by atoms with Crippen molar-refractivity contribution < 1.29 is 9.18 Å². The molecule has 5 heteroatoms. The summed E-state index contributed by atoms with van der Waals surface area (Å²) in [6.07, 6.45) is 0. The summed E-state index contributed by atoms with van der Waals surface area (Å²) >= 11 is 0. The van der Waals surface area contributed by atoms with Gasteiger partial charge in [0.15, 0.2) is 0 Å². The summed E-state index contributed by atoms with van der Waals surface area (Å²) in [5, 5.41) is 10.4. The Labute approximate surface area is 110 Å². The van der Waals surface area contributed by atoms with Gasteiger partial charge in [0.25, 0.3) is 0 Å². The molecule has 0 saturated carbocycles. The van der Waals surface area contributed by atoms with Gasteiger partial charge in [-0.25, -0.2) is 4.39 Å². The molecule has 0 aliphatic carbocycles.